The summed E-state index contributed by atoms with van der Waals surface area (Å²) in [5.74, 6) is 0. The van der Waals surface area contributed by atoms with Crippen molar-refractivity contribution in [1.29, 1.82) is 0 Å². The maximum atomic E-state index is 2.21. The molecule has 0 aromatic carbocycles. The molecule has 0 radical (unpaired) electrons. The van der Waals surface area contributed by atoms with E-state index >= 15 is 0 Å². The Balaban J connectivity index is 0.000000371. The van der Waals surface area contributed by atoms with Crippen molar-refractivity contribution in [1.82, 2.24) is 0 Å². The second-order valence-corrected chi connectivity index (χ2v) is 2.66. The molecule has 0 N–H and O–H groups in total. The van der Waals surface area contributed by atoms with Crippen LogP contribution in [0.5, 0.6) is 0 Å². The molecular weight excluding hydrogens is 140 g/mol. The topological polar surface area (TPSA) is 0 Å². The van der Waals surface area contributed by atoms with Crippen molar-refractivity contribution < 1.29 is 0 Å². The van der Waals surface area contributed by atoms with Gasteiger partial charge in [-0.3, -0.25) is 0 Å². The first-order chi connectivity index (χ1) is 4.93. The van der Waals surface area contributed by atoms with Crippen LogP contribution in [0.3, 0.4) is 0 Å². The molecule has 0 spiro atoms. The Morgan fingerprint density at radius 2 is 2.10 bits per heavy atom. The maximum Gasteiger partial charge on any atom is -0.00613 e. The predicted molar refractivity (Wildman–Crippen MR) is 49.7 cm³/mol. The second kappa shape index (κ2) is 6.81. The minimum Gasteiger partial charge on any atom is -0.152 e. The molecular formula is C9H16S. The van der Waals surface area contributed by atoms with Gasteiger partial charge in [0.05, 0.1) is 0 Å². The van der Waals surface area contributed by atoms with Gasteiger partial charge < -0.3 is 0 Å². The van der Waals surface area contributed by atoms with Crippen LogP contribution in [0.1, 0.15) is 32.8 Å². The monoisotopic (exact) mass is 156 g/mol. The molecule has 0 aliphatic carbocycles. The van der Waals surface area contributed by atoms with Crippen LogP contribution in [0, 0.1) is 0 Å². The van der Waals surface area contributed by atoms with Crippen LogP contribution in [0.25, 0.3) is 0 Å². The molecule has 0 nitrogen and oxygen atoms in total. The van der Waals surface area contributed by atoms with Crippen molar-refractivity contribution in [2.45, 2.75) is 33.6 Å². The molecule has 1 aromatic heterocycles. The highest BCUT2D eigenvalue weighted by atomic mass is 32.1. The number of rotatable bonds is 2. The standard InChI is InChI=1S/C7H10S.C2H6/c1-2-3-7-4-5-8-6-7;1-2/h4-6H,2-3H2,1H3;1-2H3. The lowest BCUT2D eigenvalue weighted by Crippen LogP contribution is -1.73. The van der Waals surface area contributed by atoms with Crippen molar-refractivity contribution >= 4 is 11.3 Å². The minimum atomic E-state index is 1.24. The van der Waals surface area contributed by atoms with Gasteiger partial charge in [-0.05, 0) is 28.8 Å². The molecule has 1 heteroatoms. The Hall–Kier alpha value is -0.300. The Labute approximate surface area is 67.9 Å². The number of aryl methyl sites for hydroxylation is 1. The van der Waals surface area contributed by atoms with Gasteiger partial charge >= 0.3 is 0 Å². The fourth-order valence-corrected chi connectivity index (χ4v) is 1.43. The number of hydrogen-bond acceptors (Lipinski definition) is 1. The molecule has 10 heavy (non-hydrogen) atoms. The van der Waals surface area contributed by atoms with E-state index in [1.165, 1.54) is 18.4 Å². The fraction of sp³-hybridized carbons (Fsp3) is 0.556. The number of hydrogen-bond donors (Lipinski definition) is 0. The maximum absolute atomic E-state index is 2.21. The van der Waals surface area contributed by atoms with E-state index in [1.54, 1.807) is 11.3 Å². The normalized spacial score (nSPS) is 8.30. The highest BCUT2D eigenvalue weighted by Crippen LogP contribution is 2.07. The molecule has 0 saturated carbocycles. The zero-order valence-electron chi connectivity index (χ0n) is 7.05. The van der Waals surface area contributed by atoms with Crippen LogP contribution >= 0.6 is 11.3 Å². The zero-order chi connectivity index (χ0) is 7.82. The van der Waals surface area contributed by atoms with Gasteiger partial charge in [-0.25, -0.2) is 0 Å². The molecule has 1 heterocycles. The summed E-state index contributed by atoms with van der Waals surface area (Å²) < 4.78 is 0. The van der Waals surface area contributed by atoms with Gasteiger partial charge in [-0.15, -0.1) is 0 Å². The van der Waals surface area contributed by atoms with E-state index in [4.69, 9.17) is 0 Å². The molecule has 0 atom stereocenters. The van der Waals surface area contributed by atoms with Crippen molar-refractivity contribution in [2.75, 3.05) is 0 Å². The molecule has 1 rings (SSSR count). The summed E-state index contributed by atoms with van der Waals surface area (Å²) in [4.78, 5) is 0. The fourth-order valence-electron chi connectivity index (χ4n) is 0.724. The lowest BCUT2D eigenvalue weighted by molar-refractivity contribution is 0.927. The van der Waals surface area contributed by atoms with Gasteiger partial charge in [0, 0.05) is 0 Å². The van der Waals surface area contributed by atoms with Gasteiger partial charge in [0.1, 0.15) is 0 Å². The van der Waals surface area contributed by atoms with E-state index in [0.29, 0.717) is 0 Å². The molecule has 0 unspecified atom stereocenters. The lowest BCUT2D eigenvalue weighted by Gasteiger charge is -1.86. The zero-order valence-corrected chi connectivity index (χ0v) is 7.87. The summed E-state index contributed by atoms with van der Waals surface area (Å²) >= 11 is 1.78. The van der Waals surface area contributed by atoms with E-state index in [1.807, 2.05) is 13.8 Å². The van der Waals surface area contributed by atoms with Crippen molar-refractivity contribution in [3.05, 3.63) is 22.4 Å². The van der Waals surface area contributed by atoms with E-state index in [-0.39, 0.29) is 0 Å². The van der Waals surface area contributed by atoms with Crippen molar-refractivity contribution in [3.8, 4) is 0 Å². The van der Waals surface area contributed by atoms with Gasteiger partial charge in [-0.2, -0.15) is 11.3 Å². The van der Waals surface area contributed by atoms with Gasteiger partial charge in [-0.1, -0.05) is 27.2 Å². The van der Waals surface area contributed by atoms with Crippen LogP contribution in [0.4, 0.5) is 0 Å². The third kappa shape index (κ3) is 3.67. The van der Waals surface area contributed by atoms with Crippen molar-refractivity contribution in [2.24, 2.45) is 0 Å². The van der Waals surface area contributed by atoms with E-state index in [0.717, 1.165) is 0 Å². The average Bonchev–Trinajstić information content (AvgIpc) is 2.46. The Morgan fingerprint density at radius 3 is 2.50 bits per heavy atom. The first-order valence-corrected chi connectivity index (χ1v) is 4.89. The Bertz CT molecular complexity index is 130. The van der Waals surface area contributed by atoms with Crippen LogP contribution in [0.2, 0.25) is 0 Å². The molecule has 0 fully saturated rings. The highest BCUT2D eigenvalue weighted by molar-refractivity contribution is 7.07. The molecule has 0 amide bonds. The van der Waals surface area contributed by atoms with Gasteiger partial charge in [0.2, 0.25) is 0 Å². The predicted octanol–water partition coefficient (Wildman–Crippen LogP) is 3.73. The third-order valence-corrected chi connectivity index (χ3v) is 1.85. The van der Waals surface area contributed by atoms with E-state index in [9.17, 15) is 0 Å². The Morgan fingerprint density at radius 1 is 1.40 bits per heavy atom. The van der Waals surface area contributed by atoms with Crippen molar-refractivity contribution in [3.63, 3.8) is 0 Å². The molecule has 58 valence electrons. The molecule has 0 aliphatic heterocycles. The second-order valence-electron chi connectivity index (χ2n) is 1.88. The summed E-state index contributed by atoms with van der Waals surface area (Å²) in [7, 11) is 0. The average molecular weight is 156 g/mol. The summed E-state index contributed by atoms with van der Waals surface area (Å²) in [6.45, 7) is 6.21. The van der Waals surface area contributed by atoms with Gasteiger partial charge in [0.15, 0.2) is 0 Å². The van der Waals surface area contributed by atoms with E-state index in [2.05, 4.69) is 23.8 Å². The Kier molecular flexibility index (Phi) is 6.61. The summed E-state index contributed by atoms with van der Waals surface area (Å²) in [5, 5.41) is 4.34. The van der Waals surface area contributed by atoms with Crippen LogP contribution in [-0.2, 0) is 6.42 Å². The summed E-state index contributed by atoms with van der Waals surface area (Å²) in [5.41, 5.74) is 1.48. The molecule has 0 aliphatic rings. The third-order valence-electron chi connectivity index (χ3n) is 1.12. The van der Waals surface area contributed by atoms with E-state index < -0.39 is 0 Å². The quantitative estimate of drug-likeness (QED) is 0.612. The first-order valence-electron chi connectivity index (χ1n) is 3.94. The largest absolute Gasteiger partial charge is 0.152 e. The molecule has 0 bridgehead atoms. The molecule has 0 saturated heterocycles. The summed E-state index contributed by atoms with van der Waals surface area (Å²) in [6, 6.07) is 2.19. The highest BCUT2D eigenvalue weighted by Gasteiger charge is 1.86. The lowest BCUT2D eigenvalue weighted by atomic mass is 10.2. The SMILES string of the molecule is CC.CCCc1ccsc1. The summed E-state index contributed by atoms with van der Waals surface area (Å²) in [6.07, 6.45) is 2.50. The first kappa shape index (κ1) is 9.70. The van der Waals surface area contributed by atoms with Gasteiger partial charge in [0.25, 0.3) is 0 Å². The van der Waals surface area contributed by atoms with Crippen LogP contribution < -0.4 is 0 Å². The van der Waals surface area contributed by atoms with Crippen LogP contribution in [0.15, 0.2) is 16.8 Å². The van der Waals surface area contributed by atoms with Crippen LogP contribution in [-0.4, -0.2) is 0 Å². The molecule has 1 aromatic rings. The minimum absolute atomic E-state index is 1.24. The smallest absolute Gasteiger partial charge is 0.00613 e. The number of thiophene rings is 1.